The topological polar surface area (TPSA) is 123 Å². The van der Waals surface area contributed by atoms with E-state index in [4.69, 9.17) is 10.5 Å². The van der Waals surface area contributed by atoms with Gasteiger partial charge in [-0.05, 0) is 18.4 Å². The maximum atomic E-state index is 12.4. The van der Waals surface area contributed by atoms with Crippen LogP contribution in [0.2, 0.25) is 0 Å². The minimum absolute atomic E-state index is 0.0891. The number of thiophene rings is 2. The van der Waals surface area contributed by atoms with Crippen LogP contribution in [0.3, 0.4) is 0 Å². The molecule has 0 bridgehead atoms. The van der Waals surface area contributed by atoms with Gasteiger partial charge >= 0.3 is 5.97 Å². The highest BCUT2D eigenvalue weighted by atomic mass is 32.2. The van der Waals surface area contributed by atoms with E-state index in [1.807, 2.05) is 22.9 Å². The van der Waals surface area contributed by atoms with Gasteiger partial charge in [0.1, 0.15) is 10.6 Å². The molecule has 8 nitrogen and oxygen atoms in total. The summed E-state index contributed by atoms with van der Waals surface area (Å²) in [5.41, 5.74) is 6.58. The second-order valence-corrected chi connectivity index (χ2v) is 7.66. The lowest BCUT2D eigenvalue weighted by Crippen LogP contribution is -2.16. The molecule has 0 saturated carbocycles. The first kappa shape index (κ1) is 18.4. The molecule has 0 atom stereocenters. The maximum Gasteiger partial charge on any atom is 0.341 e. The molecule has 0 aliphatic carbocycles. The monoisotopic (exact) mass is 409 g/mol. The highest BCUT2D eigenvalue weighted by Gasteiger charge is 2.23. The van der Waals surface area contributed by atoms with E-state index in [1.165, 1.54) is 22.7 Å². The van der Waals surface area contributed by atoms with Crippen molar-refractivity contribution in [1.82, 2.24) is 15.2 Å². The zero-order valence-corrected chi connectivity index (χ0v) is 16.1. The van der Waals surface area contributed by atoms with Crippen LogP contribution in [0.15, 0.2) is 28.0 Å². The first-order valence-corrected chi connectivity index (χ1v) is 10.3. The van der Waals surface area contributed by atoms with Crippen molar-refractivity contribution in [2.45, 2.75) is 12.1 Å². The van der Waals surface area contributed by atoms with Crippen LogP contribution in [0.4, 0.5) is 10.9 Å². The molecule has 0 aliphatic heterocycles. The molecule has 3 aromatic heterocycles. The SMILES string of the molecule is CCOC(=O)c1c(-c2cccs2)csc1NC(=O)CSc1n[nH]c(N)n1. The van der Waals surface area contributed by atoms with E-state index >= 15 is 0 Å². The molecule has 0 radical (unpaired) electrons. The summed E-state index contributed by atoms with van der Waals surface area (Å²) in [6.45, 7) is 2.00. The zero-order chi connectivity index (χ0) is 18.5. The minimum atomic E-state index is -0.457. The van der Waals surface area contributed by atoms with Crippen molar-refractivity contribution in [1.29, 1.82) is 0 Å². The number of nitrogen functional groups attached to an aromatic ring is 1. The average Bonchev–Trinajstić information content (AvgIpc) is 3.33. The number of amides is 1. The third-order valence-electron chi connectivity index (χ3n) is 3.12. The number of hydrogen-bond acceptors (Lipinski definition) is 9. The van der Waals surface area contributed by atoms with Crippen LogP contribution in [0.1, 0.15) is 17.3 Å². The molecule has 3 rings (SSSR count). The number of H-pyrrole nitrogens is 1. The van der Waals surface area contributed by atoms with Gasteiger partial charge in [0.2, 0.25) is 17.0 Å². The Bertz CT molecular complexity index is 904. The van der Waals surface area contributed by atoms with Crippen molar-refractivity contribution >= 4 is 57.3 Å². The number of thioether (sulfide) groups is 1. The summed E-state index contributed by atoms with van der Waals surface area (Å²) >= 11 is 3.95. The van der Waals surface area contributed by atoms with E-state index in [0.717, 1.165) is 22.2 Å². The van der Waals surface area contributed by atoms with Gasteiger partial charge in [-0.3, -0.25) is 4.79 Å². The molecule has 136 valence electrons. The summed E-state index contributed by atoms with van der Waals surface area (Å²) in [4.78, 5) is 29.5. The fourth-order valence-electron chi connectivity index (χ4n) is 2.08. The minimum Gasteiger partial charge on any atom is -0.462 e. The number of aromatic nitrogens is 3. The van der Waals surface area contributed by atoms with Crippen LogP contribution in [0, 0.1) is 0 Å². The van der Waals surface area contributed by atoms with Gasteiger partial charge in [-0.1, -0.05) is 17.8 Å². The first-order chi connectivity index (χ1) is 12.6. The molecule has 0 saturated heterocycles. The molecular formula is C15H15N5O3S3. The fourth-order valence-corrected chi connectivity index (χ4v) is 4.48. The Morgan fingerprint density at radius 3 is 2.92 bits per heavy atom. The quantitative estimate of drug-likeness (QED) is 0.405. The number of rotatable bonds is 7. The number of nitrogens with one attached hydrogen (secondary N) is 2. The smallest absolute Gasteiger partial charge is 0.341 e. The molecule has 0 spiro atoms. The molecule has 3 heterocycles. The highest BCUT2D eigenvalue weighted by molar-refractivity contribution is 7.99. The van der Waals surface area contributed by atoms with Gasteiger partial charge in [0.15, 0.2) is 0 Å². The Balaban J connectivity index is 1.76. The number of carbonyl (C=O) groups is 2. The lowest BCUT2D eigenvalue weighted by Gasteiger charge is -2.07. The summed E-state index contributed by atoms with van der Waals surface area (Å²) in [6, 6.07) is 3.83. The van der Waals surface area contributed by atoms with Crippen LogP contribution in [0.25, 0.3) is 10.4 Å². The highest BCUT2D eigenvalue weighted by Crippen LogP contribution is 2.38. The van der Waals surface area contributed by atoms with Crippen LogP contribution in [0.5, 0.6) is 0 Å². The Kier molecular flexibility index (Phi) is 5.91. The molecule has 0 aromatic carbocycles. The van der Waals surface area contributed by atoms with E-state index in [-0.39, 0.29) is 24.2 Å². The lowest BCUT2D eigenvalue weighted by atomic mass is 10.1. The zero-order valence-electron chi connectivity index (χ0n) is 13.6. The Labute approximate surface area is 161 Å². The van der Waals surface area contributed by atoms with Gasteiger partial charge < -0.3 is 15.8 Å². The van der Waals surface area contributed by atoms with Gasteiger partial charge in [-0.2, -0.15) is 4.98 Å². The van der Waals surface area contributed by atoms with Crippen LogP contribution in [-0.4, -0.2) is 39.4 Å². The van der Waals surface area contributed by atoms with Crippen LogP contribution in [-0.2, 0) is 9.53 Å². The van der Waals surface area contributed by atoms with Crippen LogP contribution >= 0.6 is 34.4 Å². The second kappa shape index (κ2) is 8.34. The molecule has 26 heavy (non-hydrogen) atoms. The van der Waals surface area contributed by atoms with Gasteiger partial charge in [0, 0.05) is 15.8 Å². The number of esters is 1. The van der Waals surface area contributed by atoms with Crippen molar-refractivity contribution in [3.8, 4) is 10.4 Å². The van der Waals surface area contributed by atoms with Gasteiger partial charge in [0.25, 0.3) is 0 Å². The molecule has 11 heteroatoms. The average molecular weight is 410 g/mol. The first-order valence-electron chi connectivity index (χ1n) is 7.51. The molecule has 1 amide bonds. The molecule has 4 N–H and O–H groups in total. The number of anilines is 2. The number of aromatic amines is 1. The number of nitrogens with zero attached hydrogens (tertiary/aromatic N) is 2. The summed E-state index contributed by atoms with van der Waals surface area (Å²) in [6.07, 6.45) is 0. The number of hydrogen-bond donors (Lipinski definition) is 3. The standard InChI is InChI=1S/C15H15N5O3S3/c1-2-23-13(22)11-8(9-4-3-5-24-9)6-25-12(11)17-10(21)7-26-15-18-14(16)19-20-15/h3-6H,2,7H2,1H3,(H,17,21)(H3,16,18,19,20). The van der Waals surface area contributed by atoms with Gasteiger partial charge in [-0.15, -0.1) is 27.8 Å². The second-order valence-electron chi connectivity index (χ2n) is 4.89. The number of carbonyl (C=O) groups excluding carboxylic acids is 2. The Morgan fingerprint density at radius 2 is 2.27 bits per heavy atom. The van der Waals surface area contributed by atoms with E-state index in [0.29, 0.717) is 15.7 Å². The molecule has 0 fully saturated rings. The van der Waals surface area contributed by atoms with Gasteiger partial charge in [0.05, 0.1) is 12.4 Å². The van der Waals surface area contributed by atoms with Crippen molar-refractivity contribution in [2.75, 3.05) is 23.4 Å². The fraction of sp³-hybridized carbons (Fsp3) is 0.200. The van der Waals surface area contributed by atoms with E-state index in [2.05, 4.69) is 20.5 Å². The van der Waals surface area contributed by atoms with E-state index < -0.39 is 5.97 Å². The summed E-state index contributed by atoms with van der Waals surface area (Å²) in [5, 5.41) is 13.8. The molecular weight excluding hydrogens is 394 g/mol. The number of ether oxygens (including phenoxy) is 1. The molecule has 0 unspecified atom stereocenters. The predicted molar refractivity (Wildman–Crippen MR) is 104 cm³/mol. The Morgan fingerprint density at radius 1 is 1.42 bits per heavy atom. The van der Waals surface area contributed by atoms with Crippen molar-refractivity contribution in [3.05, 3.63) is 28.5 Å². The van der Waals surface area contributed by atoms with Crippen molar-refractivity contribution < 1.29 is 14.3 Å². The van der Waals surface area contributed by atoms with Crippen LogP contribution < -0.4 is 11.1 Å². The summed E-state index contributed by atoms with van der Waals surface area (Å²) in [5.74, 6) is -0.451. The lowest BCUT2D eigenvalue weighted by molar-refractivity contribution is -0.113. The largest absolute Gasteiger partial charge is 0.462 e. The Hall–Kier alpha value is -2.37. The normalized spacial score (nSPS) is 10.7. The van der Waals surface area contributed by atoms with Gasteiger partial charge in [-0.25, -0.2) is 9.89 Å². The predicted octanol–water partition coefficient (Wildman–Crippen LogP) is 3.08. The molecule has 3 aromatic rings. The van der Waals surface area contributed by atoms with E-state index in [9.17, 15) is 9.59 Å². The summed E-state index contributed by atoms with van der Waals surface area (Å²) < 4.78 is 5.16. The van der Waals surface area contributed by atoms with E-state index in [1.54, 1.807) is 6.92 Å². The van der Waals surface area contributed by atoms with Crippen molar-refractivity contribution in [2.24, 2.45) is 0 Å². The van der Waals surface area contributed by atoms with Crippen molar-refractivity contribution in [3.63, 3.8) is 0 Å². The number of nitrogens with two attached hydrogens (primary N) is 1. The molecule has 0 aliphatic rings. The third-order valence-corrected chi connectivity index (χ3v) is 5.77. The third kappa shape index (κ3) is 4.23. The summed E-state index contributed by atoms with van der Waals surface area (Å²) in [7, 11) is 0. The maximum absolute atomic E-state index is 12.4.